The van der Waals surface area contributed by atoms with Crippen molar-refractivity contribution in [2.75, 3.05) is 11.5 Å². The first-order valence-corrected chi connectivity index (χ1v) is 55.8. The molecule has 0 aliphatic carbocycles. The Morgan fingerprint density at radius 3 is 1.46 bits per heavy atom. The molecule has 0 saturated heterocycles. The van der Waals surface area contributed by atoms with E-state index in [4.69, 9.17) is 4.74 Å². The highest BCUT2D eigenvalue weighted by Crippen LogP contribution is 2.52. The maximum Gasteiger partial charge on any atom is 0.252 e. The molecule has 26 aromatic rings. The summed E-state index contributed by atoms with van der Waals surface area (Å²) in [7, 11) is -1.84. The summed E-state index contributed by atoms with van der Waals surface area (Å²) in [4.78, 5) is 2.37. The van der Waals surface area contributed by atoms with Crippen molar-refractivity contribution >= 4 is 263 Å². The fourth-order valence-corrected chi connectivity index (χ4v) is 31.9. The molecule has 0 N–H and O–H groups in total. The van der Waals surface area contributed by atoms with E-state index in [0.717, 1.165) is 42.3 Å². The van der Waals surface area contributed by atoms with Crippen LogP contribution in [0.2, 0.25) is 13.1 Å². The predicted octanol–water partition coefficient (Wildman–Crippen LogP) is 26.5. The number of benzene rings is 19. The van der Waals surface area contributed by atoms with Crippen molar-refractivity contribution < 1.29 is 4.74 Å². The van der Waals surface area contributed by atoms with Gasteiger partial charge in [-0.25, -0.2) is 0 Å². The minimum Gasteiger partial charge on any atom is -0.493 e. The highest BCUT2D eigenvalue weighted by molar-refractivity contribution is 7.17. The van der Waals surface area contributed by atoms with E-state index in [0.29, 0.717) is 0 Å². The first-order valence-electron chi connectivity index (χ1n) is 51.9. The van der Waals surface area contributed by atoms with E-state index in [1.807, 2.05) is 11.3 Å². The number of thiophene rings is 1. The van der Waals surface area contributed by atoms with Gasteiger partial charge in [0, 0.05) is 126 Å². The number of ether oxygens (including phenoxy) is 1. The van der Waals surface area contributed by atoms with Crippen LogP contribution in [0.15, 0.2) is 394 Å². The summed E-state index contributed by atoms with van der Waals surface area (Å²) < 4.78 is 23.3. The number of aromatic nitrogens is 6. The Morgan fingerprint density at radius 1 is 0.336 bits per heavy atom. The van der Waals surface area contributed by atoms with Crippen molar-refractivity contribution in [1.82, 2.24) is 27.4 Å². The largest absolute Gasteiger partial charge is 0.493 e. The molecule has 13 heteroatoms. The minimum absolute atomic E-state index is 0.0896. The lowest BCUT2D eigenvalue weighted by Gasteiger charge is -2.35. The van der Waals surface area contributed by atoms with Crippen LogP contribution in [0.5, 0.6) is 5.75 Å². The van der Waals surface area contributed by atoms with Gasteiger partial charge in [-0.1, -0.05) is 309 Å². The van der Waals surface area contributed by atoms with Gasteiger partial charge in [-0.2, -0.15) is 0 Å². The molecule has 0 radical (unpaired) electrons. The quantitative estimate of drug-likeness (QED) is 0.123. The first-order chi connectivity index (χ1) is 71.6. The van der Waals surface area contributed by atoms with Gasteiger partial charge < -0.3 is 37.0 Å². The molecule has 0 fully saturated rings. The molecule has 19 aromatic carbocycles. The van der Waals surface area contributed by atoms with Gasteiger partial charge in [0.2, 0.25) is 0 Å². The molecule has 0 amide bonds. The summed E-state index contributed by atoms with van der Waals surface area (Å²) in [5.41, 5.74) is 49.3. The van der Waals surface area contributed by atoms with E-state index in [1.54, 1.807) is 10.4 Å². The third kappa shape index (κ3) is 11.1. The van der Waals surface area contributed by atoms with Gasteiger partial charge in [0.25, 0.3) is 20.1 Å². The lowest BCUT2D eigenvalue weighted by molar-refractivity contribution is 0.289. The Hall–Kier alpha value is -16.6. The fraction of sp³-hybridized carbons (Fsp3) is 0.0977. The average molecular weight is 1900 g/mol. The van der Waals surface area contributed by atoms with E-state index in [2.05, 4.69) is 487 Å². The summed E-state index contributed by atoms with van der Waals surface area (Å²) in [5.74, 6) is 1.05. The van der Waals surface area contributed by atoms with Crippen molar-refractivity contribution in [3.8, 4) is 62.1 Å². The van der Waals surface area contributed by atoms with Crippen LogP contribution in [-0.2, 0) is 11.8 Å². The number of rotatable bonds is 6. The van der Waals surface area contributed by atoms with Crippen molar-refractivity contribution in [2.45, 2.75) is 72.9 Å². The summed E-state index contributed by atoms with van der Waals surface area (Å²) >= 11 is 1.84. The van der Waals surface area contributed by atoms with Gasteiger partial charge >= 0.3 is 0 Å². The molecule has 8 aliphatic heterocycles. The van der Waals surface area contributed by atoms with Crippen LogP contribution in [0.4, 0.5) is 17.1 Å². The predicted molar refractivity (Wildman–Crippen MR) is 627 cm³/mol. The van der Waals surface area contributed by atoms with Crippen molar-refractivity contribution in [3.05, 3.63) is 410 Å². The Morgan fingerprint density at radius 2 is 0.829 bits per heavy atom. The average Bonchev–Trinajstić information content (AvgIpc) is 1.52. The van der Waals surface area contributed by atoms with E-state index in [1.165, 1.54) is 263 Å². The molecular weight excluding hydrogens is 1800 g/mol. The maximum absolute atomic E-state index is 6.34. The standard InChI is InChI=1S/C50H41BN2S.C45H30BN3O.C38H25BN2Si/c1-49(2,3)24-13-12-14-30-19-20-39-42(26-30)52-41-18-11-10-17-33(41)36-29-37-35-27-32(31-15-8-7-9-16-31)28-38(50(4,5)6)45(35)53-46-34-23-25-54-43(34)22-21-40(46)51(39)44(47(36)52)48(37)53;1-3-12-28(13-4-1)47(29-14-5-2-6-15-29)30-21-22-38-33(26-30)35-27-34-31-16-7-9-19-37(31)49-40-23-24-41-32(17-11-25-50-41)42(40)46-36-18-8-10-20-39(36)48(38)45(35)43(46)44(34)49;1-42(2)32-18-10-5-13-24(32)34-33(42)20-19-28-38(34)41-30-16-8-4-12-23(30)26-21-25-22-11-3-7-15-29(22)40-31-17-9-6-14-27(31)39(28)35(36(25)40)37(26)41/h7-29H,1-6H3;1-10,12-16,18-24,26-27H,11,17,25H2;3-21H,1-2H3/b14-12+,24-13+;;. The summed E-state index contributed by atoms with van der Waals surface area (Å²) in [6.07, 6.45) is 11.0. The van der Waals surface area contributed by atoms with Crippen LogP contribution in [-0.4, -0.2) is 62.2 Å². The number of hydrogen-bond donors (Lipinski definition) is 0. The molecule has 8 nitrogen and oxygen atoms in total. The monoisotopic (exact) mass is 1900 g/mol. The maximum atomic E-state index is 6.34. The topological polar surface area (TPSA) is 42.0 Å². The zero-order chi connectivity index (χ0) is 96.7. The number of allylic oxidation sites excluding steroid dienone is 3. The Kier molecular flexibility index (Phi) is 16.9. The molecule has 0 bridgehead atoms. The minimum atomic E-state index is -1.84. The third-order valence-electron chi connectivity index (χ3n) is 33.9. The molecule has 8 aliphatic rings. The second-order valence-corrected chi connectivity index (χ2v) is 49.5. The zero-order valence-electron chi connectivity index (χ0n) is 82.4. The van der Waals surface area contributed by atoms with E-state index in [-0.39, 0.29) is 31.0 Å². The van der Waals surface area contributed by atoms with Gasteiger partial charge in [-0.15, -0.1) is 11.3 Å². The highest BCUT2D eigenvalue weighted by Gasteiger charge is 2.50. The van der Waals surface area contributed by atoms with Gasteiger partial charge in [0.05, 0.1) is 78.5 Å². The van der Waals surface area contributed by atoms with Crippen LogP contribution in [0, 0.1) is 5.41 Å². The zero-order valence-corrected chi connectivity index (χ0v) is 84.2. The van der Waals surface area contributed by atoms with Crippen LogP contribution in [0.3, 0.4) is 0 Å². The number of hydrogen-bond acceptors (Lipinski definition) is 3. The second kappa shape index (κ2) is 29.8. The second-order valence-electron chi connectivity index (χ2n) is 44.3. The van der Waals surface area contributed by atoms with Crippen LogP contribution < -0.4 is 69.2 Å². The smallest absolute Gasteiger partial charge is 0.252 e. The molecule has 15 heterocycles. The molecule has 688 valence electrons. The molecule has 7 aromatic heterocycles. The lowest BCUT2D eigenvalue weighted by Crippen LogP contribution is -2.60. The molecular formula is C133H96B3N7OSSi. The molecule has 0 unspecified atom stereocenters. The van der Waals surface area contributed by atoms with Crippen molar-refractivity contribution in [3.63, 3.8) is 0 Å². The Bertz CT molecular complexity index is 10400. The fourth-order valence-electron chi connectivity index (χ4n) is 28.1. The Balaban J connectivity index is 0.0000000982. The van der Waals surface area contributed by atoms with Gasteiger partial charge in [0.15, 0.2) is 0 Å². The van der Waals surface area contributed by atoms with Crippen LogP contribution >= 0.6 is 11.3 Å². The number of anilines is 3. The first kappa shape index (κ1) is 82.9. The normalized spacial score (nSPS) is 14.2. The summed E-state index contributed by atoms with van der Waals surface area (Å²) in [6, 6.07) is 139. The SMILES string of the molecule is CC(C)(C)/C=C/C=C/c1ccc2c(c1)-n1c3ccccc3c3cc4c5cc(-c6ccccc6)cc(C(C)(C)C)c5n5c4c(c31)B2c1ccc2sccc2c1-5.C[Si]1(C)c2ccccc2-c2c1ccc1c2-n2c3ccccc3c3cc4c5ccccc5n5c4c(c32)B1c1ccccc1-5.c1ccc(N(c2ccccc2)c2ccc3c(c2)c2cc4c5ccccc5n5c4c4c2n3-c2ccccc2B4c2c-5ccc3c2CCCO3)cc1. The van der Waals surface area contributed by atoms with E-state index >= 15 is 0 Å². The third-order valence-corrected chi connectivity index (χ3v) is 38.3. The molecule has 34 rings (SSSR count). The number of para-hydroxylation sites is 8. The van der Waals surface area contributed by atoms with Crippen LogP contribution in [0.1, 0.15) is 64.7 Å². The number of fused-ring (bicyclic) bond motifs is 44. The van der Waals surface area contributed by atoms with Gasteiger partial charge in [-0.3, -0.25) is 0 Å². The summed E-state index contributed by atoms with van der Waals surface area (Å²) in [6.45, 7) is 20.1. The molecule has 0 saturated carbocycles. The lowest BCUT2D eigenvalue weighted by atomic mass is 9.33. The molecule has 146 heavy (non-hydrogen) atoms. The van der Waals surface area contributed by atoms with E-state index in [9.17, 15) is 0 Å². The molecule has 0 atom stereocenters. The van der Waals surface area contributed by atoms with Gasteiger partial charge in [-0.05, 0) is 261 Å². The number of nitrogens with zero attached hydrogens (tertiary/aromatic N) is 7. The molecule has 0 spiro atoms. The van der Waals surface area contributed by atoms with E-state index < -0.39 is 8.07 Å². The Labute approximate surface area is 851 Å². The van der Waals surface area contributed by atoms with Crippen molar-refractivity contribution in [2.24, 2.45) is 5.41 Å². The van der Waals surface area contributed by atoms with Crippen LogP contribution in [0.25, 0.3) is 203 Å². The highest BCUT2D eigenvalue weighted by atomic mass is 32.1. The van der Waals surface area contributed by atoms with Crippen molar-refractivity contribution in [1.29, 1.82) is 0 Å². The summed E-state index contributed by atoms with van der Waals surface area (Å²) in [5, 5.41) is 22.6. The van der Waals surface area contributed by atoms with Gasteiger partial charge in [0.1, 0.15) is 13.8 Å².